The molecule has 0 amide bonds. The van der Waals surface area contributed by atoms with Crippen LogP contribution in [0.2, 0.25) is 0 Å². The third-order valence-electron chi connectivity index (χ3n) is 5.99. The molecule has 0 aromatic rings. The SMILES string of the molecule is CCOC1CC(NC(=NC)N2CCOC(COC)C2)C12CCCC2.I. The number of morpholine rings is 1. The number of nitrogens with zero attached hydrogens (tertiary/aromatic N) is 2. The summed E-state index contributed by atoms with van der Waals surface area (Å²) in [7, 11) is 3.60. The second kappa shape index (κ2) is 9.71. The van der Waals surface area contributed by atoms with E-state index in [1.54, 1.807) is 7.11 Å². The van der Waals surface area contributed by atoms with Crippen LogP contribution in [0.15, 0.2) is 4.99 Å². The summed E-state index contributed by atoms with van der Waals surface area (Å²) >= 11 is 0. The lowest BCUT2D eigenvalue weighted by atomic mass is 9.60. The highest BCUT2D eigenvalue weighted by molar-refractivity contribution is 14.0. The lowest BCUT2D eigenvalue weighted by Gasteiger charge is -2.55. The number of rotatable bonds is 5. The van der Waals surface area contributed by atoms with Crippen LogP contribution in [0.25, 0.3) is 0 Å². The molecule has 0 radical (unpaired) electrons. The minimum atomic E-state index is 0. The summed E-state index contributed by atoms with van der Waals surface area (Å²) in [5, 5.41) is 3.76. The van der Waals surface area contributed by atoms with Crippen molar-refractivity contribution in [1.29, 1.82) is 0 Å². The lowest BCUT2D eigenvalue weighted by Crippen LogP contribution is -2.66. The molecule has 3 rings (SSSR count). The van der Waals surface area contributed by atoms with Gasteiger partial charge in [0.2, 0.25) is 0 Å². The Labute approximate surface area is 169 Å². The van der Waals surface area contributed by atoms with Gasteiger partial charge in [-0.25, -0.2) is 0 Å². The fourth-order valence-electron chi connectivity index (χ4n) is 4.74. The first-order valence-electron chi connectivity index (χ1n) is 9.44. The summed E-state index contributed by atoms with van der Waals surface area (Å²) in [5.41, 5.74) is 0.324. The van der Waals surface area contributed by atoms with Crippen molar-refractivity contribution in [1.82, 2.24) is 10.2 Å². The fourth-order valence-corrected chi connectivity index (χ4v) is 4.74. The molecular weight excluding hydrogens is 433 g/mol. The number of aliphatic imine (C=N–C) groups is 1. The van der Waals surface area contributed by atoms with E-state index in [9.17, 15) is 0 Å². The predicted molar refractivity (Wildman–Crippen MR) is 110 cm³/mol. The van der Waals surface area contributed by atoms with Crippen molar-refractivity contribution in [2.45, 2.75) is 57.3 Å². The molecule has 0 bridgehead atoms. The van der Waals surface area contributed by atoms with Crippen molar-refractivity contribution < 1.29 is 14.2 Å². The van der Waals surface area contributed by atoms with Crippen LogP contribution in [0.4, 0.5) is 0 Å². The van der Waals surface area contributed by atoms with Gasteiger partial charge in [-0.15, -0.1) is 24.0 Å². The quantitative estimate of drug-likeness (QED) is 0.382. The molecule has 0 aromatic heterocycles. The molecule has 1 aliphatic heterocycles. The van der Waals surface area contributed by atoms with Gasteiger partial charge in [-0.3, -0.25) is 4.99 Å². The molecule has 3 unspecified atom stereocenters. The average Bonchev–Trinajstić information content (AvgIpc) is 3.11. The summed E-state index contributed by atoms with van der Waals surface area (Å²) in [6.07, 6.45) is 6.86. The van der Waals surface area contributed by atoms with Crippen LogP contribution >= 0.6 is 24.0 Å². The molecule has 25 heavy (non-hydrogen) atoms. The second-order valence-corrected chi connectivity index (χ2v) is 7.26. The minimum Gasteiger partial charge on any atom is -0.382 e. The summed E-state index contributed by atoms with van der Waals surface area (Å²) in [5.74, 6) is 1.01. The van der Waals surface area contributed by atoms with Gasteiger partial charge in [-0.05, 0) is 26.2 Å². The van der Waals surface area contributed by atoms with E-state index >= 15 is 0 Å². The van der Waals surface area contributed by atoms with Crippen LogP contribution < -0.4 is 5.32 Å². The molecule has 6 nitrogen and oxygen atoms in total. The Bertz CT molecular complexity index is 441. The average molecular weight is 467 g/mol. The maximum absolute atomic E-state index is 6.03. The van der Waals surface area contributed by atoms with Gasteiger partial charge >= 0.3 is 0 Å². The van der Waals surface area contributed by atoms with Gasteiger partial charge < -0.3 is 24.4 Å². The van der Waals surface area contributed by atoms with Gasteiger partial charge in [-0.1, -0.05) is 12.8 Å². The third kappa shape index (κ3) is 4.42. The zero-order valence-electron chi connectivity index (χ0n) is 15.8. The first-order valence-corrected chi connectivity index (χ1v) is 9.44. The number of guanidine groups is 1. The molecule has 1 spiro atoms. The maximum Gasteiger partial charge on any atom is 0.194 e. The monoisotopic (exact) mass is 467 g/mol. The van der Waals surface area contributed by atoms with Crippen LogP contribution in [-0.2, 0) is 14.2 Å². The number of methoxy groups -OCH3 is 1. The van der Waals surface area contributed by atoms with Crippen LogP contribution in [0.3, 0.4) is 0 Å². The molecular formula is C18H34IN3O3. The van der Waals surface area contributed by atoms with Gasteiger partial charge in [0.05, 0.1) is 25.4 Å². The zero-order chi connectivity index (χ0) is 17.0. The van der Waals surface area contributed by atoms with Crippen molar-refractivity contribution in [3.8, 4) is 0 Å². The van der Waals surface area contributed by atoms with Gasteiger partial charge in [0, 0.05) is 45.3 Å². The van der Waals surface area contributed by atoms with E-state index in [2.05, 4.69) is 22.1 Å². The normalized spacial score (nSPS) is 31.6. The van der Waals surface area contributed by atoms with Crippen LogP contribution in [0.5, 0.6) is 0 Å². The Kier molecular flexibility index (Phi) is 8.23. The van der Waals surface area contributed by atoms with E-state index in [1.165, 1.54) is 25.7 Å². The van der Waals surface area contributed by atoms with Crippen LogP contribution in [-0.4, -0.2) is 76.2 Å². The highest BCUT2D eigenvalue weighted by Gasteiger charge is 2.57. The van der Waals surface area contributed by atoms with E-state index in [4.69, 9.17) is 14.2 Å². The highest BCUT2D eigenvalue weighted by Crippen LogP contribution is 2.54. The molecule has 146 valence electrons. The molecule has 1 saturated heterocycles. The van der Waals surface area contributed by atoms with Crippen molar-refractivity contribution >= 4 is 29.9 Å². The van der Waals surface area contributed by atoms with E-state index in [0.29, 0.717) is 24.2 Å². The van der Waals surface area contributed by atoms with Crippen molar-refractivity contribution in [3.05, 3.63) is 0 Å². The van der Waals surface area contributed by atoms with E-state index in [0.717, 1.165) is 38.7 Å². The first-order chi connectivity index (χ1) is 11.7. The van der Waals surface area contributed by atoms with Crippen LogP contribution in [0.1, 0.15) is 39.0 Å². The molecule has 1 N–H and O–H groups in total. The van der Waals surface area contributed by atoms with Gasteiger partial charge in [0.15, 0.2) is 5.96 Å². The van der Waals surface area contributed by atoms with Gasteiger partial charge in [-0.2, -0.15) is 0 Å². The molecule has 1 heterocycles. The summed E-state index contributed by atoms with van der Waals surface area (Å²) in [6.45, 7) is 6.00. The number of halogens is 1. The second-order valence-electron chi connectivity index (χ2n) is 7.26. The van der Waals surface area contributed by atoms with Gasteiger partial charge in [0.1, 0.15) is 0 Å². The topological polar surface area (TPSA) is 55.3 Å². The molecule has 3 atom stereocenters. The largest absolute Gasteiger partial charge is 0.382 e. The Balaban J connectivity index is 0.00000225. The first kappa shape index (κ1) is 21.2. The Morgan fingerprint density at radius 2 is 2.12 bits per heavy atom. The van der Waals surface area contributed by atoms with Crippen molar-refractivity contribution in [3.63, 3.8) is 0 Å². The highest BCUT2D eigenvalue weighted by atomic mass is 127. The predicted octanol–water partition coefficient (Wildman–Crippen LogP) is 2.26. The Morgan fingerprint density at radius 1 is 1.36 bits per heavy atom. The number of nitrogens with one attached hydrogen (secondary N) is 1. The standard InChI is InChI=1S/C18H33N3O3.HI/c1-4-23-16-11-15(18(16)7-5-6-8-18)20-17(19-2)21-9-10-24-14(12-21)13-22-3;/h14-16H,4-13H2,1-3H3,(H,19,20);1H. The van der Waals surface area contributed by atoms with E-state index in [-0.39, 0.29) is 30.1 Å². The minimum absolute atomic E-state index is 0. The zero-order valence-corrected chi connectivity index (χ0v) is 18.2. The molecule has 3 fully saturated rings. The molecule has 2 aliphatic carbocycles. The smallest absolute Gasteiger partial charge is 0.194 e. The fraction of sp³-hybridized carbons (Fsp3) is 0.944. The molecule has 2 saturated carbocycles. The summed E-state index contributed by atoms with van der Waals surface area (Å²) in [6, 6.07) is 0.485. The van der Waals surface area contributed by atoms with Crippen molar-refractivity contribution in [2.24, 2.45) is 10.4 Å². The number of ether oxygens (including phenoxy) is 3. The van der Waals surface area contributed by atoms with Crippen molar-refractivity contribution in [2.75, 3.05) is 47.1 Å². The van der Waals surface area contributed by atoms with E-state index in [1.807, 2.05) is 7.05 Å². The van der Waals surface area contributed by atoms with Gasteiger partial charge in [0.25, 0.3) is 0 Å². The number of hydrogen-bond donors (Lipinski definition) is 1. The number of hydrogen-bond acceptors (Lipinski definition) is 4. The molecule has 3 aliphatic rings. The molecule has 0 aromatic carbocycles. The Morgan fingerprint density at radius 3 is 2.76 bits per heavy atom. The lowest BCUT2D eigenvalue weighted by molar-refractivity contribution is -0.126. The molecule has 7 heteroatoms. The van der Waals surface area contributed by atoms with Crippen LogP contribution in [0, 0.1) is 5.41 Å². The Hall–Kier alpha value is -0.120. The summed E-state index contributed by atoms with van der Waals surface area (Å²) in [4.78, 5) is 6.86. The third-order valence-corrected chi connectivity index (χ3v) is 5.99. The maximum atomic E-state index is 6.03. The summed E-state index contributed by atoms with van der Waals surface area (Å²) < 4.78 is 17.0. The van der Waals surface area contributed by atoms with E-state index < -0.39 is 0 Å².